The van der Waals surface area contributed by atoms with Gasteiger partial charge in [-0.05, 0) is 43.7 Å². The highest BCUT2D eigenvalue weighted by Crippen LogP contribution is 2.29. The minimum atomic E-state index is 0.179. The van der Waals surface area contributed by atoms with Gasteiger partial charge in [0.05, 0.1) is 24.9 Å². The number of pyridine rings is 1. The molecule has 10 nitrogen and oxygen atoms in total. The Morgan fingerprint density at radius 1 is 1.06 bits per heavy atom. The minimum Gasteiger partial charge on any atom is -0.494 e. The number of carbonyl (C=O) groups is 1. The van der Waals surface area contributed by atoms with Crippen LogP contribution in [-0.2, 0) is 11.3 Å². The zero-order valence-electron chi connectivity index (χ0n) is 20.0. The van der Waals surface area contributed by atoms with Crippen molar-refractivity contribution in [3.05, 3.63) is 55.2 Å². The van der Waals surface area contributed by atoms with Gasteiger partial charge in [0.2, 0.25) is 11.8 Å². The second-order valence-corrected chi connectivity index (χ2v) is 8.58. The minimum absolute atomic E-state index is 0.179. The van der Waals surface area contributed by atoms with Crippen molar-refractivity contribution in [2.45, 2.75) is 19.9 Å². The Labute approximate surface area is 203 Å². The van der Waals surface area contributed by atoms with E-state index in [-0.39, 0.29) is 5.91 Å². The Morgan fingerprint density at radius 3 is 2.69 bits per heavy atom. The molecule has 10 heteroatoms. The summed E-state index contributed by atoms with van der Waals surface area (Å²) in [4.78, 5) is 20.0. The average Bonchev–Trinajstić information content (AvgIpc) is 3.54. The zero-order valence-corrected chi connectivity index (χ0v) is 20.0. The molecule has 182 valence electrons. The van der Waals surface area contributed by atoms with Crippen LogP contribution in [0, 0.1) is 0 Å². The third kappa shape index (κ3) is 5.12. The smallest absolute Gasteiger partial charge is 0.236 e. The summed E-state index contributed by atoms with van der Waals surface area (Å²) in [6.07, 6.45) is 6.10. The van der Waals surface area contributed by atoms with Crippen LogP contribution in [0.1, 0.15) is 13.3 Å². The Morgan fingerprint density at radius 2 is 1.89 bits per heavy atom. The Kier molecular flexibility index (Phi) is 6.62. The van der Waals surface area contributed by atoms with E-state index in [2.05, 4.69) is 27.0 Å². The fourth-order valence-electron chi connectivity index (χ4n) is 4.12. The number of carbonyl (C=O) groups excluding carboxylic acids is 1. The van der Waals surface area contributed by atoms with Crippen LogP contribution in [0.25, 0.3) is 16.9 Å². The topological polar surface area (TPSA) is 90.0 Å². The first-order valence-corrected chi connectivity index (χ1v) is 11.8. The summed E-state index contributed by atoms with van der Waals surface area (Å²) in [5.41, 5.74) is 1.82. The number of aromatic nitrogens is 5. The molecule has 4 aromatic rings. The molecule has 0 saturated carbocycles. The summed E-state index contributed by atoms with van der Waals surface area (Å²) in [6.45, 7) is 6.46. The molecule has 0 unspecified atom stereocenters. The number of aryl methyl sites for hydroxylation is 1. The fraction of sp³-hybridized carbons (Fsp3) is 0.360. The van der Waals surface area contributed by atoms with Gasteiger partial charge in [-0.25, -0.2) is 4.98 Å². The number of hydrogen-bond donors (Lipinski definition) is 0. The molecule has 0 bridgehead atoms. The van der Waals surface area contributed by atoms with E-state index in [0.717, 1.165) is 55.3 Å². The molecule has 35 heavy (non-hydrogen) atoms. The first-order valence-electron chi connectivity index (χ1n) is 11.8. The van der Waals surface area contributed by atoms with Crippen molar-refractivity contribution in [3.63, 3.8) is 0 Å². The van der Waals surface area contributed by atoms with Crippen molar-refractivity contribution >= 4 is 11.4 Å². The van der Waals surface area contributed by atoms with E-state index in [1.54, 1.807) is 23.8 Å². The molecule has 0 aliphatic carbocycles. The van der Waals surface area contributed by atoms with E-state index < -0.39 is 0 Å². The lowest BCUT2D eigenvalue weighted by atomic mass is 10.2. The highest BCUT2D eigenvalue weighted by atomic mass is 16.5. The molecule has 1 amide bonds. The summed E-state index contributed by atoms with van der Waals surface area (Å²) < 4.78 is 16.0. The number of imidazole rings is 1. The molecule has 4 heterocycles. The molecule has 1 aliphatic heterocycles. The summed E-state index contributed by atoms with van der Waals surface area (Å²) >= 11 is 0. The summed E-state index contributed by atoms with van der Waals surface area (Å²) in [5, 5.41) is 8.31. The number of amides is 1. The van der Waals surface area contributed by atoms with Crippen molar-refractivity contribution in [1.82, 2.24) is 33.9 Å². The van der Waals surface area contributed by atoms with Gasteiger partial charge in [-0.15, -0.1) is 10.2 Å². The maximum absolute atomic E-state index is 11.8. The van der Waals surface area contributed by atoms with Gasteiger partial charge in [-0.1, -0.05) is 0 Å². The first-order chi connectivity index (χ1) is 17.1. The number of benzene rings is 1. The second-order valence-electron chi connectivity index (χ2n) is 8.58. The predicted octanol–water partition coefficient (Wildman–Crippen LogP) is 2.95. The number of piperazine rings is 1. The average molecular weight is 476 g/mol. The molecule has 1 fully saturated rings. The summed E-state index contributed by atoms with van der Waals surface area (Å²) in [5.74, 6) is 3.07. The molecule has 1 aromatic carbocycles. The van der Waals surface area contributed by atoms with E-state index >= 15 is 0 Å². The van der Waals surface area contributed by atoms with Crippen molar-refractivity contribution < 1.29 is 14.3 Å². The molecule has 3 aromatic heterocycles. The summed E-state index contributed by atoms with van der Waals surface area (Å²) in [6, 6.07) is 11.5. The van der Waals surface area contributed by atoms with Crippen LogP contribution in [-0.4, -0.2) is 79.7 Å². The monoisotopic (exact) mass is 475 g/mol. The molecule has 5 rings (SSSR count). The zero-order chi connectivity index (χ0) is 24.2. The SMILES string of the molecule is CCn1cnnc1-c1cc(Oc2ccc(OCCCN3CCN(C)C(=O)C3)cc2)n2cncc2c1. The van der Waals surface area contributed by atoms with Crippen molar-refractivity contribution in [2.24, 2.45) is 0 Å². The van der Waals surface area contributed by atoms with Crippen molar-refractivity contribution in [1.29, 1.82) is 0 Å². The molecule has 1 saturated heterocycles. The van der Waals surface area contributed by atoms with Crippen molar-refractivity contribution in [2.75, 3.05) is 39.8 Å². The van der Waals surface area contributed by atoms with Crippen LogP contribution < -0.4 is 9.47 Å². The molecule has 0 radical (unpaired) electrons. The lowest BCUT2D eigenvalue weighted by Crippen LogP contribution is -2.48. The van der Waals surface area contributed by atoms with Gasteiger partial charge < -0.3 is 18.9 Å². The lowest BCUT2D eigenvalue weighted by Gasteiger charge is -2.31. The Bertz CT molecular complexity index is 1300. The first kappa shape index (κ1) is 22.9. The number of rotatable bonds is 9. The van der Waals surface area contributed by atoms with Crippen LogP contribution in [0.15, 0.2) is 55.2 Å². The van der Waals surface area contributed by atoms with Gasteiger partial charge in [0.15, 0.2) is 5.82 Å². The van der Waals surface area contributed by atoms with Gasteiger partial charge >= 0.3 is 0 Å². The van der Waals surface area contributed by atoms with Crippen LogP contribution in [0.2, 0.25) is 0 Å². The van der Waals surface area contributed by atoms with Gasteiger partial charge in [-0.2, -0.15) is 0 Å². The third-order valence-electron chi connectivity index (χ3n) is 6.17. The number of likely N-dealkylation sites (N-methyl/N-ethyl adjacent to an activating group) is 1. The Hall–Kier alpha value is -3.92. The van der Waals surface area contributed by atoms with Crippen molar-refractivity contribution in [3.8, 4) is 28.8 Å². The maximum Gasteiger partial charge on any atom is 0.236 e. The molecular weight excluding hydrogens is 446 g/mol. The van der Waals surface area contributed by atoms with E-state index in [4.69, 9.17) is 9.47 Å². The number of hydrogen-bond acceptors (Lipinski definition) is 7. The normalized spacial score (nSPS) is 14.6. The Balaban J connectivity index is 1.21. The number of nitrogens with zero attached hydrogens (tertiary/aromatic N) is 7. The summed E-state index contributed by atoms with van der Waals surface area (Å²) in [7, 11) is 1.85. The van der Waals surface area contributed by atoms with E-state index in [9.17, 15) is 4.79 Å². The van der Waals surface area contributed by atoms with Gasteiger partial charge in [0, 0.05) is 44.9 Å². The maximum atomic E-state index is 11.8. The van der Waals surface area contributed by atoms with Gasteiger partial charge in [0.1, 0.15) is 24.2 Å². The molecule has 1 aliphatic rings. The molecule has 0 spiro atoms. The fourth-order valence-corrected chi connectivity index (χ4v) is 4.12. The third-order valence-corrected chi connectivity index (χ3v) is 6.17. The molecular formula is C25H29N7O3. The van der Waals surface area contributed by atoms with E-state index in [0.29, 0.717) is 24.8 Å². The second kappa shape index (κ2) is 10.1. The number of fused-ring (bicyclic) bond motifs is 1. The largest absolute Gasteiger partial charge is 0.494 e. The molecule has 0 atom stereocenters. The van der Waals surface area contributed by atoms with Crippen LogP contribution >= 0.6 is 0 Å². The van der Waals surface area contributed by atoms with Gasteiger partial charge in [-0.3, -0.25) is 14.1 Å². The lowest BCUT2D eigenvalue weighted by molar-refractivity contribution is -0.134. The number of ether oxygens (including phenoxy) is 2. The predicted molar refractivity (Wildman–Crippen MR) is 131 cm³/mol. The van der Waals surface area contributed by atoms with E-state index in [1.807, 2.05) is 52.4 Å². The van der Waals surface area contributed by atoms with E-state index in [1.165, 1.54) is 0 Å². The standard InChI is InChI=1S/C25H29N7O3/c1-3-31-18-27-28-25(31)19-13-20-15-26-17-32(20)24(14-19)35-22-7-5-21(6-8-22)34-12-4-9-30-11-10-29(2)23(33)16-30/h5-8,13-15,17-18H,3-4,9-12,16H2,1-2H3. The highest BCUT2D eigenvalue weighted by Gasteiger charge is 2.20. The van der Waals surface area contributed by atoms with Crippen LogP contribution in [0.5, 0.6) is 17.4 Å². The molecule has 0 N–H and O–H groups in total. The van der Waals surface area contributed by atoms with Crippen LogP contribution in [0.3, 0.4) is 0 Å². The highest BCUT2D eigenvalue weighted by molar-refractivity contribution is 5.78. The quantitative estimate of drug-likeness (QED) is 0.344. The van der Waals surface area contributed by atoms with Gasteiger partial charge in [0.25, 0.3) is 0 Å². The van der Waals surface area contributed by atoms with Crippen LogP contribution in [0.4, 0.5) is 0 Å².